The number of aromatic nitrogens is 1. The van der Waals surface area contributed by atoms with Crippen LogP contribution in [0.3, 0.4) is 0 Å². The third-order valence-electron chi connectivity index (χ3n) is 5.23. The number of amides is 1. The zero-order valence-electron chi connectivity index (χ0n) is 14.6. The summed E-state index contributed by atoms with van der Waals surface area (Å²) in [6.07, 6.45) is 3.90. The van der Waals surface area contributed by atoms with Gasteiger partial charge in [-0.2, -0.15) is 5.26 Å². The van der Waals surface area contributed by atoms with Crippen LogP contribution in [0.25, 0.3) is 4.85 Å². The lowest BCUT2D eigenvalue weighted by molar-refractivity contribution is -0.123. The van der Waals surface area contributed by atoms with Crippen LogP contribution in [0.5, 0.6) is 0 Å². The summed E-state index contributed by atoms with van der Waals surface area (Å²) in [4.78, 5) is 24.3. The second-order valence-corrected chi connectivity index (χ2v) is 7.12. The third kappa shape index (κ3) is 2.40. The van der Waals surface area contributed by atoms with E-state index in [1.807, 2.05) is 11.0 Å². The molecule has 1 spiro atoms. The average molecular weight is 373 g/mol. The van der Waals surface area contributed by atoms with Crippen LogP contribution in [-0.4, -0.2) is 21.5 Å². The topological polar surface area (TPSA) is 64.6 Å². The summed E-state index contributed by atoms with van der Waals surface area (Å²) < 4.78 is 0. The Kier molecular flexibility index (Phi) is 3.91. The highest BCUT2D eigenvalue weighted by Gasteiger charge is 2.59. The molecule has 2 aliphatic rings. The van der Waals surface area contributed by atoms with Gasteiger partial charge in [-0.25, -0.2) is 0 Å². The average Bonchev–Trinajstić information content (AvgIpc) is 2.88. The van der Waals surface area contributed by atoms with Crippen LogP contribution >= 0.6 is 12.2 Å². The van der Waals surface area contributed by atoms with Crippen LogP contribution in [0.15, 0.2) is 36.5 Å². The summed E-state index contributed by atoms with van der Waals surface area (Å²) in [5.41, 5.74) is 1.84. The van der Waals surface area contributed by atoms with E-state index in [1.54, 1.807) is 31.2 Å². The molecule has 2 heterocycles. The maximum atomic E-state index is 13.4. The van der Waals surface area contributed by atoms with Gasteiger partial charge in [0.15, 0.2) is 5.11 Å². The molecule has 4 rings (SSSR count). The molecule has 2 aromatic rings. The van der Waals surface area contributed by atoms with Crippen molar-refractivity contribution >= 4 is 40.4 Å². The third-order valence-corrected chi connectivity index (χ3v) is 5.59. The molecule has 1 saturated heterocycles. The Morgan fingerprint density at radius 2 is 2.11 bits per heavy atom. The monoisotopic (exact) mass is 373 g/mol. The quantitative estimate of drug-likeness (QED) is 0.591. The molecular weight excluding hydrogens is 358 g/mol. The zero-order valence-corrected chi connectivity index (χ0v) is 15.5. The van der Waals surface area contributed by atoms with Crippen LogP contribution in [0.1, 0.15) is 30.4 Å². The number of anilines is 2. The highest BCUT2D eigenvalue weighted by molar-refractivity contribution is 7.81. The van der Waals surface area contributed by atoms with Crippen molar-refractivity contribution < 1.29 is 4.79 Å². The van der Waals surface area contributed by atoms with Gasteiger partial charge in [-0.3, -0.25) is 9.69 Å². The van der Waals surface area contributed by atoms with E-state index in [2.05, 4.69) is 15.9 Å². The molecule has 6 nitrogen and oxygen atoms in total. The molecule has 1 aliphatic carbocycles. The first-order valence-electron chi connectivity index (χ1n) is 8.55. The Bertz CT molecular complexity index is 1060. The van der Waals surface area contributed by atoms with Gasteiger partial charge in [0, 0.05) is 5.69 Å². The smallest absolute Gasteiger partial charge is 0.272 e. The van der Waals surface area contributed by atoms with E-state index in [9.17, 15) is 10.1 Å². The summed E-state index contributed by atoms with van der Waals surface area (Å²) in [7, 11) is 0. The van der Waals surface area contributed by atoms with E-state index in [-0.39, 0.29) is 5.91 Å². The second kappa shape index (κ2) is 6.15. The summed E-state index contributed by atoms with van der Waals surface area (Å²) >= 11 is 5.70. The first kappa shape index (κ1) is 17.1. The van der Waals surface area contributed by atoms with Crippen LogP contribution < -0.4 is 9.80 Å². The van der Waals surface area contributed by atoms with Gasteiger partial charge in [0.05, 0.1) is 17.3 Å². The first-order valence-corrected chi connectivity index (χ1v) is 8.96. The Labute approximate surface area is 162 Å². The van der Waals surface area contributed by atoms with E-state index in [0.29, 0.717) is 40.6 Å². The SMILES string of the molecule is [C-]#[N+]c1ncc(N2C(=O)C3(CCC3)N(c3cccc(C#N)c3)C2=S)cc1C. The van der Waals surface area contributed by atoms with Crippen molar-refractivity contribution in [3.63, 3.8) is 0 Å². The molecule has 0 unspecified atom stereocenters. The number of benzene rings is 1. The molecule has 0 atom stereocenters. The molecule has 0 radical (unpaired) electrons. The lowest BCUT2D eigenvalue weighted by Crippen LogP contribution is -2.55. The van der Waals surface area contributed by atoms with Crippen molar-refractivity contribution in [3.05, 3.63) is 59.1 Å². The van der Waals surface area contributed by atoms with Gasteiger partial charge >= 0.3 is 0 Å². The van der Waals surface area contributed by atoms with Crippen molar-refractivity contribution in [3.8, 4) is 6.07 Å². The molecule has 1 amide bonds. The molecule has 1 saturated carbocycles. The van der Waals surface area contributed by atoms with Crippen molar-refractivity contribution in [2.75, 3.05) is 9.80 Å². The lowest BCUT2D eigenvalue weighted by atomic mass is 9.75. The van der Waals surface area contributed by atoms with Crippen molar-refractivity contribution in [2.24, 2.45) is 0 Å². The minimum absolute atomic E-state index is 0.0714. The minimum atomic E-state index is -0.697. The molecule has 2 fully saturated rings. The normalized spacial score (nSPS) is 17.6. The fourth-order valence-electron chi connectivity index (χ4n) is 3.71. The largest absolute Gasteiger partial charge is 0.360 e. The van der Waals surface area contributed by atoms with E-state index < -0.39 is 5.54 Å². The Morgan fingerprint density at radius 3 is 2.70 bits per heavy atom. The molecule has 27 heavy (non-hydrogen) atoms. The lowest BCUT2D eigenvalue weighted by Gasteiger charge is -2.43. The van der Waals surface area contributed by atoms with E-state index in [1.165, 1.54) is 11.1 Å². The summed E-state index contributed by atoms with van der Waals surface area (Å²) in [6.45, 7) is 8.94. The standard InChI is InChI=1S/C20H15N5OS/c1-13-9-16(12-23-17(13)22-2)24-18(26)20(7-4-8-20)25(19(24)27)15-6-3-5-14(10-15)11-21/h3,5-6,9-10,12H,4,7-8H2,1H3. The number of thiocarbonyl (C=S) groups is 1. The number of carbonyl (C=O) groups excluding carboxylic acids is 1. The predicted molar refractivity (Wildman–Crippen MR) is 106 cm³/mol. The Hall–Kier alpha value is -3.29. The summed E-state index contributed by atoms with van der Waals surface area (Å²) in [5, 5.41) is 9.60. The first-order chi connectivity index (χ1) is 13.0. The van der Waals surface area contributed by atoms with Crippen molar-refractivity contribution in [1.82, 2.24) is 4.98 Å². The number of hydrogen-bond acceptors (Lipinski definition) is 4. The molecule has 7 heteroatoms. The molecule has 1 aliphatic heterocycles. The Morgan fingerprint density at radius 1 is 1.33 bits per heavy atom. The summed E-state index contributed by atoms with van der Waals surface area (Å²) in [5.74, 6) is 0.242. The zero-order chi connectivity index (χ0) is 19.2. The maximum absolute atomic E-state index is 13.4. The van der Waals surface area contributed by atoms with Crippen molar-refractivity contribution in [2.45, 2.75) is 31.7 Å². The molecule has 1 aromatic carbocycles. The van der Waals surface area contributed by atoms with Crippen LogP contribution in [0, 0.1) is 24.8 Å². The fraction of sp³-hybridized carbons (Fsp3) is 0.250. The van der Waals surface area contributed by atoms with E-state index in [0.717, 1.165) is 12.1 Å². The molecule has 132 valence electrons. The number of carbonyl (C=O) groups is 1. The number of aryl methyl sites for hydroxylation is 1. The number of rotatable bonds is 2. The molecular formula is C20H15N5OS. The van der Waals surface area contributed by atoms with Crippen LogP contribution in [-0.2, 0) is 4.79 Å². The van der Waals surface area contributed by atoms with Gasteiger partial charge in [0.2, 0.25) is 0 Å². The maximum Gasteiger partial charge on any atom is 0.272 e. The minimum Gasteiger partial charge on any atom is -0.360 e. The fourth-order valence-corrected chi connectivity index (χ4v) is 4.18. The van der Waals surface area contributed by atoms with Crippen LogP contribution in [0.2, 0.25) is 0 Å². The number of pyridine rings is 1. The predicted octanol–water partition coefficient (Wildman–Crippen LogP) is 3.87. The molecule has 0 N–H and O–H groups in total. The van der Waals surface area contributed by atoms with E-state index >= 15 is 0 Å². The number of nitrogens with zero attached hydrogens (tertiary/aromatic N) is 5. The number of hydrogen-bond donors (Lipinski definition) is 0. The van der Waals surface area contributed by atoms with Gasteiger partial charge in [0.1, 0.15) is 11.7 Å². The van der Waals surface area contributed by atoms with Gasteiger partial charge in [-0.05, 0) is 68.2 Å². The van der Waals surface area contributed by atoms with Crippen molar-refractivity contribution in [1.29, 1.82) is 5.26 Å². The van der Waals surface area contributed by atoms with Gasteiger partial charge in [-0.1, -0.05) is 12.6 Å². The second-order valence-electron chi connectivity index (χ2n) is 6.75. The van der Waals surface area contributed by atoms with Gasteiger partial charge in [0.25, 0.3) is 11.7 Å². The van der Waals surface area contributed by atoms with Crippen LogP contribution in [0.4, 0.5) is 17.2 Å². The summed E-state index contributed by atoms with van der Waals surface area (Å²) in [6, 6.07) is 11.1. The Balaban J connectivity index is 1.81. The number of nitriles is 1. The highest BCUT2D eigenvalue weighted by Crippen LogP contribution is 2.47. The van der Waals surface area contributed by atoms with E-state index in [4.69, 9.17) is 18.8 Å². The van der Waals surface area contributed by atoms with Gasteiger partial charge < -0.3 is 9.74 Å². The molecule has 1 aromatic heterocycles. The van der Waals surface area contributed by atoms with Gasteiger partial charge in [-0.15, -0.1) is 4.98 Å². The highest BCUT2D eigenvalue weighted by atomic mass is 32.1. The molecule has 0 bridgehead atoms.